The number of aryl methyl sites for hydroxylation is 1. The molecule has 1 amide bonds. The molecule has 8 heteroatoms. The molecule has 0 unspecified atom stereocenters. The van der Waals surface area contributed by atoms with Crippen LogP contribution in [0.4, 0.5) is 0 Å². The van der Waals surface area contributed by atoms with Crippen LogP contribution in [-0.2, 0) is 9.84 Å². The maximum Gasteiger partial charge on any atom is 0.280 e. The summed E-state index contributed by atoms with van der Waals surface area (Å²) in [5, 5.41) is 0. The molecule has 0 aliphatic carbocycles. The number of amides is 1. The average molecular weight is 320 g/mol. The molecule has 7 nitrogen and oxygen atoms in total. The lowest BCUT2D eigenvalue weighted by atomic mass is 10.0. The minimum absolute atomic E-state index is 0.0368. The number of aliphatic imine (C=N–C) groups is 1. The molecule has 5 N–H and O–H groups in total. The molecule has 0 spiro atoms. The predicted octanol–water partition coefficient (Wildman–Crippen LogP) is 0.807. The smallest absolute Gasteiger partial charge is 0.280 e. The van der Waals surface area contributed by atoms with Gasteiger partial charge in [0.1, 0.15) is 0 Å². The van der Waals surface area contributed by atoms with Gasteiger partial charge < -0.3 is 16.5 Å². The highest BCUT2D eigenvalue weighted by Crippen LogP contribution is 2.29. The number of carbonyl (C=O) groups is 1. The van der Waals surface area contributed by atoms with Crippen molar-refractivity contribution in [1.29, 1.82) is 0 Å². The van der Waals surface area contributed by atoms with Gasteiger partial charge in [0.05, 0.1) is 4.90 Å². The van der Waals surface area contributed by atoms with Crippen molar-refractivity contribution in [2.45, 2.75) is 11.8 Å². The second kappa shape index (κ2) is 5.64. The van der Waals surface area contributed by atoms with Crippen molar-refractivity contribution >= 4 is 21.7 Å². The van der Waals surface area contributed by atoms with E-state index < -0.39 is 15.7 Å². The number of rotatable bonds is 3. The molecule has 0 aliphatic rings. The van der Waals surface area contributed by atoms with E-state index in [1.165, 1.54) is 6.07 Å². The van der Waals surface area contributed by atoms with Gasteiger partial charge in [-0.15, -0.1) is 0 Å². The topological polar surface area (TPSA) is 131 Å². The van der Waals surface area contributed by atoms with E-state index in [4.69, 9.17) is 11.5 Å². The normalized spacial score (nSPS) is 11.2. The van der Waals surface area contributed by atoms with Crippen LogP contribution in [0.25, 0.3) is 11.3 Å². The number of sulfone groups is 1. The quantitative estimate of drug-likeness (QED) is 0.568. The number of guanidine groups is 1. The molecular formula is C14H16N4O3S. The first-order valence-electron chi connectivity index (χ1n) is 6.32. The number of aromatic nitrogens is 1. The maximum absolute atomic E-state index is 12.0. The van der Waals surface area contributed by atoms with Crippen LogP contribution < -0.4 is 11.5 Å². The lowest BCUT2D eigenvalue weighted by molar-refractivity contribution is 0.100. The summed E-state index contributed by atoms with van der Waals surface area (Å²) in [5.41, 5.74) is 12.2. The fourth-order valence-electron chi connectivity index (χ4n) is 2.11. The second-order valence-corrected chi connectivity index (χ2v) is 6.85. The standard InChI is InChI=1S/C14H16N4O3S/c1-8-6-10(11-4-3-5-17-11)12(22(2,20)21)7-9(8)13(19)18-14(15)16/h3-7,17H,1-2H3,(H4,15,16,18,19). The average Bonchev–Trinajstić information content (AvgIpc) is 2.89. The Hall–Kier alpha value is -2.61. The summed E-state index contributed by atoms with van der Waals surface area (Å²) in [6, 6.07) is 6.43. The van der Waals surface area contributed by atoms with Gasteiger partial charge in [0.2, 0.25) is 0 Å². The molecule has 1 aromatic heterocycles. The number of nitrogens with two attached hydrogens (primary N) is 2. The van der Waals surface area contributed by atoms with Gasteiger partial charge in [-0.05, 0) is 36.8 Å². The largest absolute Gasteiger partial charge is 0.370 e. The highest BCUT2D eigenvalue weighted by molar-refractivity contribution is 7.90. The zero-order chi connectivity index (χ0) is 16.5. The molecule has 116 valence electrons. The summed E-state index contributed by atoms with van der Waals surface area (Å²) in [7, 11) is -3.54. The van der Waals surface area contributed by atoms with Gasteiger partial charge in [-0.3, -0.25) is 4.79 Å². The Morgan fingerprint density at radius 1 is 1.27 bits per heavy atom. The van der Waals surface area contributed by atoms with E-state index >= 15 is 0 Å². The summed E-state index contributed by atoms with van der Waals surface area (Å²) in [5.74, 6) is -1.06. The van der Waals surface area contributed by atoms with Gasteiger partial charge in [-0.2, -0.15) is 4.99 Å². The van der Waals surface area contributed by atoms with Crippen molar-refractivity contribution in [3.05, 3.63) is 41.6 Å². The van der Waals surface area contributed by atoms with Crippen molar-refractivity contribution in [3.63, 3.8) is 0 Å². The Labute approximate surface area is 128 Å². The monoisotopic (exact) mass is 320 g/mol. The molecule has 1 aromatic carbocycles. The van der Waals surface area contributed by atoms with E-state index in [-0.39, 0.29) is 16.4 Å². The fraction of sp³-hybridized carbons (Fsp3) is 0.143. The van der Waals surface area contributed by atoms with Crippen LogP contribution in [0.1, 0.15) is 15.9 Å². The zero-order valence-electron chi connectivity index (χ0n) is 12.1. The Morgan fingerprint density at radius 3 is 2.45 bits per heavy atom. The van der Waals surface area contributed by atoms with E-state index in [9.17, 15) is 13.2 Å². The lowest BCUT2D eigenvalue weighted by Crippen LogP contribution is -2.24. The Kier molecular flexibility index (Phi) is 4.05. The van der Waals surface area contributed by atoms with Crippen LogP contribution >= 0.6 is 0 Å². The molecule has 2 rings (SSSR count). The number of nitrogens with zero attached hydrogens (tertiary/aromatic N) is 1. The third-order valence-electron chi connectivity index (χ3n) is 3.08. The molecule has 0 saturated heterocycles. The number of carbonyl (C=O) groups excluding carboxylic acids is 1. The number of H-pyrrole nitrogens is 1. The zero-order valence-corrected chi connectivity index (χ0v) is 12.9. The minimum atomic E-state index is -3.54. The SMILES string of the molecule is Cc1cc(-c2ccc[nH]2)c(S(C)(=O)=O)cc1C(=O)N=C(N)N. The van der Waals surface area contributed by atoms with Crippen LogP contribution in [0, 0.1) is 6.92 Å². The summed E-state index contributed by atoms with van der Waals surface area (Å²) >= 11 is 0. The van der Waals surface area contributed by atoms with Crippen LogP contribution in [0.2, 0.25) is 0 Å². The molecular weight excluding hydrogens is 304 g/mol. The van der Waals surface area contributed by atoms with Gasteiger partial charge in [0, 0.05) is 29.3 Å². The number of aromatic amines is 1. The van der Waals surface area contributed by atoms with E-state index in [0.717, 1.165) is 6.26 Å². The Bertz CT molecular complexity index is 848. The highest BCUT2D eigenvalue weighted by atomic mass is 32.2. The van der Waals surface area contributed by atoms with Crippen LogP contribution in [0.15, 0.2) is 40.4 Å². The van der Waals surface area contributed by atoms with Gasteiger partial charge in [-0.25, -0.2) is 8.42 Å². The first-order chi connectivity index (χ1) is 10.2. The number of hydrogen-bond acceptors (Lipinski definition) is 3. The molecule has 0 bridgehead atoms. The van der Waals surface area contributed by atoms with Crippen molar-refractivity contribution in [3.8, 4) is 11.3 Å². The van der Waals surface area contributed by atoms with Gasteiger partial charge in [0.15, 0.2) is 15.8 Å². The molecule has 0 saturated carbocycles. The molecule has 2 aromatic rings. The van der Waals surface area contributed by atoms with Gasteiger partial charge in [-0.1, -0.05) is 0 Å². The van der Waals surface area contributed by atoms with Crippen molar-refractivity contribution in [1.82, 2.24) is 4.98 Å². The van der Waals surface area contributed by atoms with Crippen molar-refractivity contribution in [2.75, 3.05) is 6.26 Å². The first-order valence-corrected chi connectivity index (χ1v) is 8.21. The number of hydrogen-bond donors (Lipinski definition) is 3. The minimum Gasteiger partial charge on any atom is -0.370 e. The molecule has 0 radical (unpaired) electrons. The van der Waals surface area contributed by atoms with E-state index in [1.807, 2.05) is 0 Å². The van der Waals surface area contributed by atoms with Crippen LogP contribution in [0.5, 0.6) is 0 Å². The molecule has 22 heavy (non-hydrogen) atoms. The Balaban J connectivity index is 2.73. The molecule has 1 heterocycles. The van der Waals surface area contributed by atoms with Gasteiger partial charge in [0.25, 0.3) is 5.91 Å². The number of nitrogens with one attached hydrogen (secondary N) is 1. The highest BCUT2D eigenvalue weighted by Gasteiger charge is 2.20. The first kappa shape index (κ1) is 15.8. The summed E-state index contributed by atoms with van der Waals surface area (Å²) < 4.78 is 24.1. The third-order valence-corrected chi connectivity index (χ3v) is 4.21. The van der Waals surface area contributed by atoms with Crippen molar-refractivity contribution in [2.24, 2.45) is 16.5 Å². The molecule has 0 atom stereocenters. The molecule has 0 fully saturated rings. The summed E-state index contributed by atoms with van der Waals surface area (Å²) in [6.07, 6.45) is 2.77. The fourth-order valence-corrected chi connectivity index (χ4v) is 3.01. The third kappa shape index (κ3) is 3.17. The summed E-state index contributed by atoms with van der Waals surface area (Å²) in [6.45, 7) is 1.69. The van der Waals surface area contributed by atoms with E-state index in [2.05, 4.69) is 9.98 Å². The number of benzene rings is 1. The van der Waals surface area contributed by atoms with Crippen molar-refractivity contribution < 1.29 is 13.2 Å². The van der Waals surface area contributed by atoms with E-state index in [1.54, 1.807) is 31.3 Å². The second-order valence-electron chi connectivity index (χ2n) is 4.86. The van der Waals surface area contributed by atoms with E-state index in [0.29, 0.717) is 16.8 Å². The van der Waals surface area contributed by atoms with Crippen LogP contribution in [0.3, 0.4) is 0 Å². The molecule has 0 aliphatic heterocycles. The summed E-state index contributed by atoms with van der Waals surface area (Å²) in [4.78, 5) is 18.5. The van der Waals surface area contributed by atoms with Gasteiger partial charge >= 0.3 is 0 Å². The van der Waals surface area contributed by atoms with Crippen LogP contribution in [-0.4, -0.2) is 31.5 Å². The Morgan fingerprint density at radius 2 is 1.95 bits per heavy atom. The predicted molar refractivity (Wildman–Crippen MR) is 84.2 cm³/mol. The maximum atomic E-state index is 12.0. The lowest BCUT2D eigenvalue weighted by Gasteiger charge is -2.11.